The van der Waals surface area contributed by atoms with Crippen LogP contribution in [0.15, 0.2) is 30.6 Å². The Morgan fingerprint density at radius 3 is 2.42 bits per heavy atom. The van der Waals surface area contributed by atoms with Gasteiger partial charge in [-0.2, -0.15) is 5.26 Å². The lowest BCUT2D eigenvalue weighted by atomic mass is 9.80. The molecular weight excluding hydrogens is 482 g/mol. The van der Waals surface area contributed by atoms with Gasteiger partial charge < -0.3 is 24.8 Å². The molecule has 1 aromatic heterocycles. The van der Waals surface area contributed by atoms with Crippen LogP contribution in [-0.2, 0) is 9.53 Å². The normalized spacial score (nSPS) is 21.4. The highest BCUT2D eigenvalue weighted by Gasteiger charge is 2.40. The molecule has 0 aliphatic carbocycles. The average Bonchev–Trinajstić information content (AvgIpc) is 2.89. The van der Waals surface area contributed by atoms with Gasteiger partial charge in [0.15, 0.2) is 5.69 Å². The maximum absolute atomic E-state index is 12.8. The van der Waals surface area contributed by atoms with Crippen molar-refractivity contribution in [2.24, 2.45) is 5.92 Å². The number of nitrogens with one attached hydrogen (secondary N) is 1. The summed E-state index contributed by atoms with van der Waals surface area (Å²) in [6, 6.07) is 8.13. The van der Waals surface area contributed by atoms with Crippen LogP contribution in [0.5, 0.6) is 0 Å². The monoisotopic (exact) mass is 519 g/mol. The van der Waals surface area contributed by atoms with Gasteiger partial charge in [0.1, 0.15) is 17.5 Å². The molecule has 0 radical (unpaired) electrons. The Hall–Kier alpha value is -3.87. The van der Waals surface area contributed by atoms with Crippen LogP contribution in [0.3, 0.4) is 0 Å². The van der Waals surface area contributed by atoms with E-state index in [-0.39, 0.29) is 35.7 Å². The highest BCUT2D eigenvalue weighted by molar-refractivity contribution is 5.94. The summed E-state index contributed by atoms with van der Waals surface area (Å²) in [5.74, 6) is 0.683. The number of benzene rings is 1. The van der Waals surface area contributed by atoms with E-state index in [2.05, 4.69) is 46.2 Å². The van der Waals surface area contributed by atoms with E-state index in [0.29, 0.717) is 32.0 Å². The summed E-state index contributed by atoms with van der Waals surface area (Å²) in [5, 5.41) is 12.6. The lowest BCUT2D eigenvalue weighted by molar-refractivity contribution is -0.117. The van der Waals surface area contributed by atoms with Crippen molar-refractivity contribution in [1.29, 1.82) is 5.26 Å². The van der Waals surface area contributed by atoms with Gasteiger partial charge >= 0.3 is 6.09 Å². The number of anilines is 3. The number of hydrogen-bond donors (Lipinski definition) is 1. The first-order valence-electron chi connectivity index (χ1n) is 13.2. The number of aromatic nitrogens is 2. The summed E-state index contributed by atoms with van der Waals surface area (Å²) in [5.41, 5.74) is 2.67. The van der Waals surface area contributed by atoms with E-state index in [1.54, 1.807) is 18.0 Å². The van der Waals surface area contributed by atoms with E-state index >= 15 is 0 Å². The Labute approximate surface area is 224 Å². The number of hydrogen-bond acceptors (Lipinski definition) is 8. The largest absolute Gasteiger partial charge is 0.444 e. The first-order valence-corrected chi connectivity index (χ1v) is 13.2. The first kappa shape index (κ1) is 27.2. The number of carbonyl (C=O) groups excluding carboxylic acids is 2. The van der Waals surface area contributed by atoms with Crippen LogP contribution in [0.4, 0.5) is 22.0 Å². The van der Waals surface area contributed by atoms with Crippen molar-refractivity contribution in [2.75, 3.05) is 41.3 Å². The molecule has 2 aromatic rings. The second-order valence-corrected chi connectivity index (χ2v) is 10.9. The first-order chi connectivity index (χ1) is 18.0. The van der Waals surface area contributed by atoms with Gasteiger partial charge in [-0.15, -0.1) is 0 Å². The molecule has 2 amide bonds. The molecule has 4 rings (SSSR count). The SMILES string of the molecule is CC[C@H]1[C@H](C)[C@@H](Nc2cnc(C#N)cn2)c2cc(N3CCN(C(=O)OC(C)(C)C)CC3)ccc2N1C(C)=O. The number of carbonyl (C=O) groups is 2. The highest BCUT2D eigenvalue weighted by Crippen LogP contribution is 2.44. The molecule has 10 heteroatoms. The Morgan fingerprint density at radius 2 is 1.87 bits per heavy atom. The zero-order chi connectivity index (χ0) is 27.6. The number of piperazine rings is 1. The molecule has 3 atom stereocenters. The van der Waals surface area contributed by atoms with Gasteiger partial charge in [-0.25, -0.2) is 14.8 Å². The number of nitrogens with zero attached hydrogens (tertiary/aromatic N) is 6. The quantitative estimate of drug-likeness (QED) is 0.634. The van der Waals surface area contributed by atoms with Crippen molar-refractivity contribution in [2.45, 2.75) is 65.6 Å². The minimum atomic E-state index is -0.524. The standard InChI is InChI=1S/C28H37N7O3/c1-7-23-18(2)26(32-25-17-30-20(15-29)16-31-25)22-14-21(8-9-24(22)35(23)19(3)36)33-10-12-34(13-11-33)27(37)38-28(4,5)6/h8-9,14,16-18,23,26H,7,10-13H2,1-6H3,(H,31,32)/t18-,23-,26+/m0/s1. The topological polar surface area (TPSA) is 115 Å². The number of fused-ring (bicyclic) bond motifs is 1. The van der Waals surface area contributed by atoms with Crippen molar-refractivity contribution in [3.63, 3.8) is 0 Å². The predicted octanol–water partition coefficient (Wildman–Crippen LogP) is 4.34. The minimum Gasteiger partial charge on any atom is -0.444 e. The van der Waals surface area contributed by atoms with Gasteiger partial charge in [-0.1, -0.05) is 13.8 Å². The Kier molecular flexibility index (Phi) is 7.76. The van der Waals surface area contributed by atoms with Crippen molar-refractivity contribution in [3.05, 3.63) is 41.9 Å². The number of rotatable bonds is 4. The van der Waals surface area contributed by atoms with E-state index in [4.69, 9.17) is 10.00 Å². The van der Waals surface area contributed by atoms with Crippen LogP contribution in [0.1, 0.15) is 65.3 Å². The van der Waals surface area contributed by atoms with Crippen molar-refractivity contribution in [1.82, 2.24) is 14.9 Å². The van der Waals surface area contributed by atoms with Crippen LogP contribution < -0.4 is 15.1 Å². The lowest BCUT2D eigenvalue weighted by Crippen LogP contribution is -2.51. The predicted molar refractivity (Wildman–Crippen MR) is 146 cm³/mol. The van der Waals surface area contributed by atoms with E-state index in [0.717, 1.165) is 23.4 Å². The summed E-state index contributed by atoms with van der Waals surface area (Å²) >= 11 is 0. The summed E-state index contributed by atoms with van der Waals surface area (Å²) in [4.78, 5) is 39.8. The molecule has 1 fully saturated rings. The number of ether oxygens (including phenoxy) is 1. The van der Waals surface area contributed by atoms with Gasteiger partial charge in [-0.05, 0) is 45.4 Å². The van der Waals surface area contributed by atoms with Crippen LogP contribution in [0.2, 0.25) is 0 Å². The summed E-state index contributed by atoms with van der Waals surface area (Å²) in [7, 11) is 0. The molecular formula is C28H37N7O3. The maximum Gasteiger partial charge on any atom is 0.410 e. The second-order valence-electron chi connectivity index (χ2n) is 10.9. The Morgan fingerprint density at radius 1 is 1.16 bits per heavy atom. The maximum atomic E-state index is 12.8. The van der Waals surface area contributed by atoms with E-state index in [1.807, 2.05) is 37.8 Å². The van der Waals surface area contributed by atoms with Gasteiger partial charge in [-0.3, -0.25) is 4.79 Å². The molecule has 1 saturated heterocycles. The van der Waals surface area contributed by atoms with Crippen LogP contribution in [0, 0.1) is 17.2 Å². The summed E-state index contributed by atoms with van der Waals surface area (Å²) < 4.78 is 5.54. The van der Waals surface area contributed by atoms with E-state index in [9.17, 15) is 9.59 Å². The fraction of sp³-hybridized carbons (Fsp3) is 0.536. The fourth-order valence-corrected chi connectivity index (χ4v) is 5.39. The number of nitriles is 1. The molecule has 2 aliphatic heterocycles. The molecule has 0 spiro atoms. The van der Waals surface area contributed by atoms with Gasteiger partial charge in [0.2, 0.25) is 5.91 Å². The summed E-state index contributed by atoms with van der Waals surface area (Å²) in [6.45, 7) is 14.0. The fourth-order valence-electron chi connectivity index (χ4n) is 5.39. The third kappa shape index (κ3) is 5.67. The van der Waals surface area contributed by atoms with Crippen molar-refractivity contribution in [3.8, 4) is 6.07 Å². The average molecular weight is 520 g/mol. The molecule has 10 nitrogen and oxygen atoms in total. The zero-order valence-electron chi connectivity index (χ0n) is 23.1. The van der Waals surface area contributed by atoms with Crippen LogP contribution in [0.25, 0.3) is 0 Å². The van der Waals surface area contributed by atoms with Gasteiger partial charge in [0.25, 0.3) is 0 Å². The Balaban J connectivity index is 1.62. The molecule has 38 heavy (non-hydrogen) atoms. The molecule has 0 bridgehead atoms. The van der Waals surface area contributed by atoms with Gasteiger partial charge in [0.05, 0.1) is 18.4 Å². The third-order valence-electron chi connectivity index (χ3n) is 7.19. The van der Waals surface area contributed by atoms with Gasteiger partial charge in [0, 0.05) is 62.0 Å². The molecule has 202 valence electrons. The minimum absolute atomic E-state index is 0.0142. The molecule has 0 saturated carbocycles. The van der Waals surface area contributed by atoms with E-state index < -0.39 is 5.60 Å². The smallest absolute Gasteiger partial charge is 0.410 e. The zero-order valence-corrected chi connectivity index (χ0v) is 23.1. The summed E-state index contributed by atoms with van der Waals surface area (Å²) in [6.07, 6.45) is 3.55. The molecule has 3 heterocycles. The highest BCUT2D eigenvalue weighted by atomic mass is 16.6. The number of amides is 2. The van der Waals surface area contributed by atoms with E-state index in [1.165, 1.54) is 6.20 Å². The van der Waals surface area contributed by atoms with Crippen molar-refractivity contribution < 1.29 is 14.3 Å². The third-order valence-corrected chi connectivity index (χ3v) is 7.19. The molecule has 1 N–H and O–H groups in total. The molecule has 1 aromatic carbocycles. The lowest BCUT2D eigenvalue weighted by Gasteiger charge is -2.46. The second kappa shape index (κ2) is 10.9. The van der Waals surface area contributed by atoms with Crippen LogP contribution in [-0.4, -0.2) is 64.7 Å². The van der Waals surface area contributed by atoms with Crippen LogP contribution >= 0.6 is 0 Å². The molecule has 0 unspecified atom stereocenters. The Bertz CT molecular complexity index is 1210. The molecule has 2 aliphatic rings. The van der Waals surface area contributed by atoms with Crippen molar-refractivity contribution >= 4 is 29.2 Å².